The van der Waals surface area contributed by atoms with Crippen LogP contribution < -0.4 is 4.90 Å². The second-order valence-corrected chi connectivity index (χ2v) is 4.48. The fraction of sp³-hybridized carbons (Fsp3) is 0.267. The molecule has 4 nitrogen and oxygen atoms in total. The van der Waals surface area contributed by atoms with Crippen LogP contribution in [0, 0.1) is 0 Å². The molecule has 0 fully saturated rings. The van der Waals surface area contributed by atoms with Crippen LogP contribution >= 0.6 is 0 Å². The van der Waals surface area contributed by atoms with Crippen molar-refractivity contribution in [1.29, 1.82) is 0 Å². The Morgan fingerprint density at radius 1 is 1.21 bits per heavy atom. The third-order valence-electron chi connectivity index (χ3n) is 2.83. The molecule has 0 bridgehead atoms. The molecule has 0 aliphatic heterocycles. The Bertz CT molecular complexity index is 493. The lowest BCUT2D eigenvalue weighted by Gasteiger charge is -2.13. The van der Waals surface area contributed by atoms with E-state index >= 15 is 0 Å². The molecule has 4 heteroatoms. The Balaban J connectivity index is 1.69. The third-order valence-corrected chi connectivity index (χ3v) is 2.83. The molecule has 0 spiro atoms. The summed E-state index contributed by atoms with van der Waals surface area (Å²) in [6, 6.07) is 13.5. The van der Waals surface area contributed by atoms with Gasteiger partial charge in [0.2, 0.25) is 5.76 Å². The van der Waals surface area contributed by atoms with Crippen LogP contribution in [0.25, 0.3) is 0 Å². The SMILES string of the molecule is C[NH+](CCOC(=O)c1ccco1)Cc1ccccc1. The zero-order chi connectivity index (χ0) is 13.5. The minimum Gasteiger partial charge on any atom is -0.457 e. The predicted molar refractivity (Wildman–Crippen MR) is 70.9 cm³/mol. The molecular formula is C15H18NO3+. The van der Waals surface area contributed by atoms with Crippen LogP contribution in [0.1, 0.15) is 16.1 Å². The lowest BCUT2D eigenvalue weighted by Crippen LogP contribution is -3.08. The molecule has 1 atom stereocenters. The van der Waals surface area contributed by atoms with Crippen LogP contribution in [0.2, 0.25) is 0 Å². The van der Waals surface area contributed by atoms with E-state index in [4.69, 9.17) is 9.15 Å². The highest BCUT2D eigenvalue weighted by molar-refractivity contribution is 5.86. The van der Waals surface area contributed by atoms with Gasteiger partial charge < -0.3 is 14.1 Å². The first-order valence-electron chi connectivity index (χ1n) is 6.31. The first-order valence-corrected chi connectivity index (χ1v) is 6.31. The summed E-state index contributed by atoms with van der Waals surface area (Å²) in [4.78, 5) is 12.8. The van der Waals surface area contributed by atoms with Crippen molar-refractivity contribution in [2.45, 2.75) is 6.54 Å². The van der Waals surface area contributed by atoms with Gasteiger partial charge in [0.1, 0.15) is 19.7 Å². The highest BCUT2D eigenvalue weighted by Gasteiger charge is 2.11. The molecule has 0 aliphatic rings. The van der Waals surface area contributed by atoms with E-state index in [1.54, 1.807) is 12.1 Å². The highest BCUT2D eigenvalue weighted by Crippen LogP contribution is 2.01. The Morgan fingerprint density at radius 3 is 2.68 bits per heavy atom. The number of ether oxygens (including phenoxy) is 1. The molecule has 19 heavy (non-hydrogen) atoms. The summed E-state index contributed by atoms with van der Waals surface area (Å²) in [5, 5.41) is 0. The fourth-order valence-corrected chi connectivity index (χ4v) is 1.82. The van der Waals surface area contributed by atoms with Gasteiger partial charge in [0.15, 0.2) is 0 Å². The van der Waals surface area contributed by atoms with E-state index in [2.05, 4.69) is 19.2 Å². The topological polar surface area (TPSA) is 43.9 Å². The standard InChI is InChI=1S/C15H17NO3/c1-16(12-13-6-3-2-4-7-13)9-11-19-15(17)14-8-5-10-18-14/h2-8,10H,9,11-12H2,1H3/p+1. The third kappa shape index (κ3) is 4.26. The number of hydrogen-bond acceptors (Lipinski definition) is 3. The summed E-state index contributed by atoms with van der Waals surface area (Å²) in [7, 11) is 2.08. The first kappa shape index (κ1) is 13.4. The molecule has 1 N–H and O–H groups in total. The van der Waals surface area contributed by atoms with Crippen LogP contribution in [0.3, 0.4) is 0 Å². The zero-order valence-electron chi connectivity index (χ0n) is 11.0. The number of likely N-dealkylation sites (N-methyl/N-ethyl adjacent to an activating group) is 1. The number of furan rings is 1. The number of rotatable bonds is 6. The van der Waals surface area contributed by atoms with E-state index in [0.29, 0.717) is 6.61 Å². The zero-order valence-corrected chi connectivity index (χ0v) is 11.0. The number of nitrogens with one attached hydrogen (secondary N) is 1. The van der Waals surface area contributed by atoms with Gasteiger partial charge >= 0.3 is 5.97 Å². The van der Waals surface area contributed by atoms with Gasteiger partial charge in [-0.3, -0.25) is 0 Å². The number of carbonyl (C=O) groups is 1. The van der Waals surface area contributed by atoms with Gasteiger partial charge in [-0.2, -0.15) is 0 Å². The summed E-state index contributed by atoms with van der Waals surface area (Å²) in [6.07, 6.45) is 1.46. The van der Waals surface area contributed by atoms with E-state index in [9.17, 15) is 4.79 Å². The molecular weight excluding hydrogens is 242 g/mol. The number of carbonyl (C=O) groups excluding carboxylic acids is 1. The quantitative estimate of drug-likeness (QED) is 0.792. The summed E-state index contributed by atoms with van der Waals surface area (Å²) >= 11 is 0. The maximum Gasteiger partial charge on any atom is 0.374 e. The number of esters is 1. The molecule has 0 aliphatic carbocycles. The van der Waals surface area contributed by atoms with Gasteiger partial charge in [-0.05, 0) is 12.1 Å². The molecule has 2 rings (SSSR count). The van der Waals surface area contributed by atoms with Crippen LogP contribution in [0.5, 0.6) is 0 Å². The molecule has 0 saturated heterocycles. The van der Waals surface area contributed by atoms with Crippen LogP contribution in [0.4, 0.5) is 0 Å². The van der Waals surface area contributed by atoms with Crippen molar-refractivity contribution in [3.63, 3.8) is 0 Å². The molecule has 1 heterocycles. The van der Waals surface area contributed by atoms with E-state index in [0.717, 1.165) is 13.1 Å². The van der Waals surface area contributed by atoms with E-state index in [1.165, 1.54) is 16.7 Å². The Hall–Kier alpha value is -2.07. The van der Waals surface area contributed by atoms with Crippen molar-refractivity contribution >= 4 is 5.97 Å². The van der Waals surface area contributed by atoms with Crippen molar-refractivity contribution in [1.82, 2.24) is 0 Å². The maximum atomic E-state index is 11.5. The van der Waals surface area contributed by atoms with Crippen molar-refractivity contribution in [2.24, 2.45) is 0 Å². The average Bonchev–Trinajstić information content (AvgIpc) is 2.93. The monoisotopic (exact) mass is 260 g/mol. The van der Waals surface area contributed by atoms with Gasteiger partial charge in [0.25, 0.3) is 0 Å². The molecule has 2 aromatic rings. The summed E-state index contributed by atoms with van der Waals surface area (Å²) in [5.74, 6) is -0.154. The van der Waals surface area contributed by atoms with Gasteiger partial charge in [0.05, 0.1) is 13.3 Å². The van der Waals surface area contributed by atoms with Crippen molar-refractivity contribution in [3.05, 3.63) is 60.1 Å². The number of benzene rings is 1. The second kappa shape index (κ2) is 6.75. The average molecular weight is 260 g/mol. The molecule has 0 saturated carbocycles. The van der Waals surface area contributed by atoms with Crippen molar-refractivity contribution in [2.75, 3.05) is 20.2 Å². The Labute approximate surface area is 112 Å². The number of hydrogen-bond donors (Lipinski definition) is 1. The maximum absolute atomic E-state index is 11.5. The lowest BCUT2D eigenvalue weighted by atomic mass is 10.2. The molecule has 0 radical (unpaired) electrons. The van der Waals surface area contributed by atoms with Crippen LogP contribution in [0.15, 0.2) is 53.1 Å². The van der Waals surface area contributed by atoms with Gasteiger partial charge in [-0.25, -0.2) is 4.79 Å². The van der Waals surface area contributed by atoms with Gasteiger partial charge in [0, 0.05) is 5.56 Å². The van der Waals surface area contributed by atoms with E-state index in [1.807, 2.05) is 18.2 Å². The minimum absolute atomic E-state index is 0.251. The first-order chi connectivity index (χ1) is 9.25. The minimum atomic E-state index is -0.405. The smallest absolute Gasteiger partial charge is 0.374 e. The van der Waals surface area contributed by atoms with Crippen LogP contribution in [-0.2, 0) is 11.3 Å². The largest absolute Gasteiger partial charge is 0.457 e. The van der Waals surface area contributed by atoms with Crippen molar-refractivity contribution in [3.8, 4) is 0 Å². The summed E-state index contributed by atoms with van der Waals surface area (Å²) in [5.41, 5.74) is 1.28. The molecule has 1 unspecified atom stereocenters. The molecule has 1 aromatic heterocycles. The van der Waals surface area contributed by atoms with E-state index in [-0.39, 0.29) is 5.76 Å². The predicted octanol–water partition coefficient (Wildman–Crippen LogP) is 1.15. The summed E-state index contributed by atoms with van der Waals surface area (Å²) < 4.78 is 10.1. The normalized spacial score (nSPS) is 12.1. The lowest BCUT2D eigenvalue weighted by molar-refractivity contribution is -0.893. The Kier molecular flexibility index (Phi) is 4.75. The Morgan fingerprint density at radius 2 is 2.00 bits per heavy atom. The van der Waals surface area contributed by atoms with E-state index < -0.39 is 5.97 Å². The summed E-state index contributed by atoms with van der Waals surface area (Å²) in [6.45, 7) is 2.07. The fourth-order valence-electron chi connectivity index (χ4n) is 1.82. The molecule has 100 valence electrons. The molecule has 0 amide bonds. The number of quaternary nitrogens is 1. The van der Waals surface area contributed by atoms with Gasteiger partial charge in [-0.15, -0.1) is 0 Å². The van der Waals surface area contributed by atoms with Crippen molar-refractivity contribution < 1.29 is 18.8 Å². The molecule has 1 aromatic carbocycles. The van der Waals surface area contributed by atoms with Crippen LogP contribution in [-0.4, -0.2) is 26.2 Å². The highest BCUT2D eigenvalue weighted by atomic mass is 16.5. The second-order valence-electron chi connectivity index (χ2n) is 4.48. The van der Waals surface area contributed by atoms with Gasteiger partial charge in [-0.1, -0.05) is 30.3 Å².